The molecule has 5 aromatic rings. The lowest BCUT2D eigenvalue weighted by Gasteiger charge is -2.20. The van der Waals surface area contributed by atoms with Crippen LogP contribution in [-0.4, -0.2) is 52.0 Å². The van der Waals surface area contributed by atoms with Crippen molar-refractivity contribution in [3.8, 4) is 16.9 Å². The average Bonchev–Trinajstić information content (AvgIpc) is 3.46. The van der Waals surface area contributed by atoms with Gasteiger partial charge >= 0.3 is 5.97 Å². The first kappa shape index (κ1) is 29.0. The zero-order valence-electron chi connectivity index (χ0n) is 25.9. The van der Waals surface area contributed by atoms with Crippen LogP contribution in [-0.2, 0) is 31.3 Å². The van der Waals surface area contributed by atoms with Crippen LogP contribution in [0.4, 0.5) is 0 Å². The molecule has 0 aliphatic carbocycles. The summed E-state index contributed by atoms with van der Waals surface area (Å²) in [4.78, 5) is 16.1. The van der Waals surface area contributed by atoms with Gasteiger partial charge in [-0.1, -0.05) is 61.0 Å². The van der Waals surface area contributed by atoms with Gasteiger partial charge in [-0.3, -0.25) is 4.68 Å². The van der Waals surface area contributed by atoms with Crippen molar-refractivity contribution in [2.24, 2.45) is 7.05 Å². The molecule has 3 heterocycles. The summed E-state index contributed by atoms with van der Waals surface area (Å²) >= 11 is 0. The molecule has 1 aliphatic heterocycles. The van der Waals surface area contributed by atoms with Crippen LogP contribution in [0.1, 0.15) is 60.0 Å². The highest BCUT2D eigenvalue weighted by Crippen LogP contribution is 2.39. The van der Waals surface area contributed by atoms with Crippen LogP contribution in [0, 0.1) is 6.92 Å². The highest BCUT2D eigenvalue weighted by molar-refractivity contribution is 6.05. The van der Waals surface area contributed by atoms with Crippen molar-refractivity contribution in [1.82, 2.24) is 19.2 Å². The minimum Gasteiger partial charge on any atom is -0.493 e. The third-order valence-corrected chi connectivity index (χ3v) is 8.69. The predicted octanol–water partition coefficient (Wildman–Crippen LogP) is 7.31. The molecule has 0 atom stereocenters. The lowest BCUT2D eigenvalue weighted by Crippen LogP contribution is -2.22. The first-order valence-electron chi connectivity index (χ1n) is 15.6. The fourth-order valence-corrected chi connectivity index (χ4v) is 6.74. The number of fused-ring (bicyclic) bond motifs is 3. The number of rotatable bonds is 7. The second-order valence-corrected chi connectivity index (χ2v) is 11.7. The van der Waals surface area contributed by atoms with E-state index < -0.39 is 0 Å². The summed E-state index contributed by atoms with van der Waals surface area (Å²) in [6.45, 7) is 7.49. The van der Waals surface area contributed by atoms with Gasteiger partial charge in [0, 0.05) is 42.0 Å². The molecule has 7 nitrogen and oxygen atoms in total. The number of hydrogen-bond acceptors (Lipinski definition) is 5. The van der Waals surface area contributed by atoms with Crippen LogP contribution in [0.2, 0.25) is 0 Å². The predicted molar refractivity (Wildman–Crippen MR) is 173 cm³/mol. The summed E-state index contributed by atoms with van der Waals surface area (Å²) < 4.78 is 16.3. The van der Waals surface area contributed by atoms with Crippen molar-refractivity contribution in [2.75, 3.05) is 26.8 Å². The maximum absolute atomic E-state index is 13.7. The van der Waals surface area contributed by atoms with E-state index in [2.05, 4.69) is 59.8 Å². The van der Waals surface area contributed by atoms with Gasteiger partial charge in [0.15, 0.2) is 0 Å². The molecule has 3 aromatic carbocycles. The minimum absolute atomic E-state index is 0.246. The maximum atomic E-state index is 13.7. The van der Waals surface area contributed by atoms with Crippen molar-refractivity contribution in [1.29, 1.82) is 0 Å². The van der Waals surface area contributed by atoms with Gasteiger partial charge in [-0.2, -0.15) is 5.10 Å². The molecule has 0 fully saturated rings. The van der Waals surface area contributed by atoms with Crippen molar-refractivity contribution >= 4 is 27.6 Å². The molecule has 0 spiro atoms. The molecule has 0 N–H and O–H groups in total. The van der Waals surface area contributed by atoms with E-state index in [1.807, 2.05) is 42.9 Å². The van der Waals surface area contributed by atoms with Crippen LogP contribution >= 0.6 is 0 Å². The highest BCUT2D eigenvalue weighted by atomic mass is 16.5. The van der Waals surface area contributed by atoms with Gasteiger partial charge in [-0.05, 0) is 70.1 Å². The molecule has 0 unspecified atom stereocenters. The molecule has 0 saturated heterocycles. The molecule has 0 bridgehead atoms. The van der Waals surface area contributed by atoms with Gasteiger partial charge in [0.1, 0.15) is 11.4 Å². The summed E-state index contributed by atoms with van der Waals surface area (Å²) in [5.74, 6) is 0.646. The molecule has 0 radical (unpaired) electrons. The molecule has 1 aliphatic rings. The van der Waals surface area contributed by atoms with Gasteiger partial charge in [-0.15, -0.1) is 0 Å². The lowest BCUT2D eigenvalue weighted by molar-refractivity contribution is 0.0512. The molecule has 7 heteroatoms. The Bertz CT molecular complexity index is 1760. The number of aryl methyl sites for hydroxylation is 4. The van der Waals surface area contributed by atoms with Gasteiger partial charge in [-0.25, -0.2) is 4.79 Å². The summed E-state index contributed by atoms with van der Waals surface area (Å²) in [6.07, 6.45) is 4.71. The Kier molecular flexibility index (Phi) is 8.52. The number of carbonyl (C=O) groups excluding carboxylic acids is 1. The van der Waals surface area contributed by atoms with Gasteiger partial charge < -0.3 is 18.9 Å². The largest absolute Gasteiger partial charge is 0.493 e. The monoisotopic (exact) mass is 578 g/mol. The zero-order valence-corrected chi connectivity index (χ0v) is 25.9. The Balaban J connectivity index is 1.43. The van der Waals surface area contributed by atoms with E-state index in [1.54, 1.807) is 0 Å². The van der Waals surface area contributed by atoms with Gasteiger partial charge in [0.05, 0.1) is 30.1 Å². The van der Waals surface area contributed by atoms with Gasteiger partial charge in [0.25, 0.3) is 0 Å². The smallest absolute Gasteiger partial charge is 0.355 e. The number of para-hydroxylation sites is 1. The van der Waals surface area contributed by atoms with E-state index in [4.69, 9.17) is 14.6 Å². The van der Waals surface area contributed by atoms with Crippen molar-refractivity contribution in [2.45, 2.75) is 59.0 Å². The third-order valence-electron chi connectivity index (χ3n) is 8.69. The maximum Gasteiger partial charge on any atom is 0.355 e. The van der Waals surface area contributed by atoms with Gasteiger partial charge in [0.2, 0.25) is 0 Å². The van der Waals surface area contributed by atoms with Crippen molar-refractivity contribution in [3.63, 3.8) is 0 Å². The molecule has 43 heavy (non-hydrogen) atoms. The van der Waals surface area contributed by atoms with E-state index in [0.717, 1.165) is 84.2 Å². The second-order valence-electron chi connectivity index (χ2n) is 11.7. The van der Waals surface area contributed by atoms with Crippen LogP contribution in [0.3, 0.4) is 0 Å². The summed E-state index contributed by atoms with van der Waals surface area (Å²) in [5, 5.41) is 8.25. The number of esters is 1. The van der Waals surface area contributed by atoms with E-state index in [0.29, 0.717) is 25.3 Å². The van der Waals surface area contributed by atoms with E-state index >= 15 is 0 Å². The number of ether oxygens (including phenoxy) is 2. The molecule has 0 saturated carbocycles. The second kappa shape index (κ2) is 12.6. The molecular formula is C36H42N4O3. The first-order chi connectivity index (χ1) is 21.0. The normalized spacial score (nSPS) is 14.3. The summed E-state index contributed by atoms with van der Waals surface area (Å²) in [7, 11) is 4.23. The molecule has 6 rings (SSSR count). The quantitative estimate of drug-likeness (QED) is 0.150. The summed E-state index contributed by atoms with van der Waals surface area (Å²) in [6, 6.07) is 21.0. The molecule has 2 aromatic heterocycles. The number of benzene rings is 3. The van der Waals surface area contributed by atoms with Crippen LogP contribution in [0.25, 0.3) is 32.8 Å². The highest BCUT2D eigenvalue weighted by Gasteiger charge is 2.28. The van der Waals surface area contributed by atoms with E-state index in [9.17, 15) is 4.79 Å². The van der Waals surface area contributed by atoms with Crippen molar-refractivity contribution in [3.05, 3.63) is 83.3 Å². The molecule has 0 amide bonds. The SMILES string of the molecule is CCOC(=O)c1c(CCCOc2cccc3ccccc23)c2cccc3c2n1CCCCCN(C)Cc1c-3c(C)nn1C. The Morgan fingerprint density at radius 3 is 2.56 bits per heavy atom. The number of hydrogen-bond donors (Lipinski definition) is 0. The van der Waals surface area contributed by atoms with Crippen LogP contribution < -0.4 is 4.74 Å². The van der Waals surface area contributed by atoms with E-state index in [1.165, 1.54) is 16.6 Å². The lowest BCUT2D eigenvalue weighted by atomic mass is 9.98. The topological polar surface area (TPSA) is 61.5 Å². The number of nitrogens with zero attached hydrogens (tertiary/aromatic N) is 4. The van der Waals surface area contributed by atoms with E-state index in [-0.39, 0.29) is 5.97 Å². The standard InChI is InChI=1S/C36H42N4O3/c1-5-42-36(41)35-29(19-13-23-43-32-20-11-15-26-14-7-8-16-27(26)32)28-17-12-18-30-33-25(2)37-39(4)31(33)24-38(3)21-9-6-10-22-40(35)34(28)30/h7-8,11-12,14-18,20H,5-6,9-10,13,19,21-24H2,1-4H3. The summed E-state index contributed by atoms with van der Waals surface area (Å²) in [5.41, 5.74) is 7.35. The number of aromatic nitrogens is 3. The molecular weight excluding hydrogens is 536 g/mol. The molecule has 224 valence electrons. The Hall–Kier alpha value is -4.10. The Morgan fingerprint density at radius 1 is 0.930 bits per heavy atom. The Labute approximate surface area is 254 Å². The minimum atomic E-state index is -0.246. The number of carbonyl (C=O) groups is 1. The van der Waals surface area contributed by atoms with Crippen LogP contribution in [0.5, 0.6) is 5.75 Å². The van der Waals surface area contributed by atoms with Crippen molar-refractivity contribution < 1.29 is 14.3 Å². The fourth-order valence-electron chi connectivity index (χ4n) is 6.74. The first-order valence-corrected chi connectivity index (χ1v) is 15.6. The zero-order chi connectivity index (χ0) is 29.9. The average molecular weight is 579 g/mol. The Morgan fingerprint density at radius 2 is 1.70 bits per heavy atom. The fraction of sp³-hybridized carbons (Fsp3) is 0.389. The third kappa shape index (κ3) is 5.66. The van der Waals surface area contributed by atoms with Crippen LogP contribution in [0.15, 0.2) is 60.7 Å².